The number of hydrogen-bond acceptors (Lipinski definition) is 2. The van der Waals surface area contributed by atoms with E-state index in [2.05, 4.69) is 23.7 Å². The Morgan fingerprint density at radius 3 is 1.93 bits per heavy atom. The van der Waals surface area contributed by atoms with Gasteiger partial charge in [0.05, 0.1) is 0 Å². The maximum atomic E-state index is 5.46. The van der Waals surface area contributed by atoms with Crippen LogP contribution in [0.4, 0.5) is 5.69 Å². The van der Waals surface area contributed by atoms with Crippen LogP contribution in [0.15, 0.2) is 24.3 Å². The zero-order valence-corrected chi connectivity index (χ0v) is 8.75. The molecule has 0 saturated carbocycles. The Morgan fingerprint density at radius 1 is 1.13 bits per heavy atom. The molecule has 1 rings (SSSR count). The Morgan fingerprint density at radius 2 is 1.67 bits per heavy atom. The van der Waals surface area contributed by atoms with Gasteiger partial charge in [-0.2, -0.15) is 0 Å². The van der Waals surface area contributed by atoms with E-state index in [9.17, 15) is 0 Å². The molecule has 0 aromatic heterocycles. The van der Waals surface area contributed by atoms with Gasteiger partial charge in [-0.25, -0.2) is 0 Å². The molecule has 0 aliphatic rings. The first-order valence-electron chi connectivity index (χ1n) is 3.94. The second kappa shape index (κ2) is 9.75. The molecular weight excluding hydrogens is 184 g/mol. The maximum absolute atomic E-state index is 5.46. The highest BCUT2D eigenvalue weighted by Crippen LogP contribution is 2.03. The van der Waals surface area contributed by atoms with Gasteiger partial charge < -0.3 is 11.9 Å². The molecule has 0 spiro atoms. The molecule has 0 aliphatic carbocycles. The fourth-order valence-electron chi connectivity index (χ4n) is 0.742. The molecule has 0 aliphatic heterocycles. The van der Waals surface area contributed by atoms with E-state index in [1.54, 1.807) is 0 Å². The lowest BCUT2D eigenvalue weighted by Gasteiger charge is -1.91. The van der Waals surface area contributed by atoms with Gasteiger partial charge in [-0.1, -0.05) is 12.1 Å². The predicted molar refractivity (Wildman–Crippen MR) is 66.1 cm³/mol. The molecule has 76 valence electrons. The van der Waals surface area contributed by atoms with Crippen LogP contribution in [0, 0.1) is 43.5 Å². The summed E-state index contributed by atoms with van der Waals surface area (Å²) < 4.78 is 0. The van der Waals surface area contributed by atoms with Crippen LogP contribution in [0.1, 0.15) is 5.56 Å². The molecule has 1 aromatic rings. The van der Waals surface area contributed by atoms with E-state index >= 15 is 0 Å². The van der Waals surface area contributed by atoms with Crippen LogP contribution < -0.4 is 11.9 Å². The van der Waals surface area contributed by atoms with Gasteiger partial charge in [0.15, 0.2) is 0 Å². The molecule has 5 N–H and O–H groups in total. The molecule has 1 aromatic carbocycles. The quantitative estimate of drug-likeness (QED) is 0.494. The number of hydrogen-bond donors (Lipinski definition) is 2. The van der Waals surface area contributed by atoms with Crippen molar-refractivity contribution in [2.45, 2.75) is 6.92 Å². The number of anilines is 1. The van der Waals surface area contributed by atoms with Gasteiger partial charge >= 0.3 is 0 Å². The number of rotatable bonds is 0. The number of aryl methyl sites for hydroxylation is 1. The maximum Gasteiger partial charge on any atom is 0.0316 e. The highest BCUT2D eigenvalue weighted by molar-refractivity contribution is 5.39. The van der Waals surface area contributed by atoms with Crippen LogP contribution in [-0.4, -0.2) is 0 Å². The minimum Gasteiger partial charge on any atom is -0.399 e. The fourth-order valence-corrected chi connectivity index (χ4v) is 0.742. The van der Waals surface area contributed by atoms with Gasteiger partial charge in [0, 0.05) is 5.69 Å². The van der Waals surface area contributed by atoms with E-state index < -0.39 is 0 Å². The molecular formula is C13H14N2. The smallest absolute Gasteiger partial charge is 0.0316 e. The van der Waals surface area contributed by atoms with Gasteiger partial charge in [0.2, 0.25) is 0 Å². The molecule has 2 heteroatoms. The molecule has 0 fully saturated rings. The average Bonchev–Trinajstić information content (AvgIpc) is 2.15. The van der Waals surface area contributed by atoms with Crippen molar-refractivity contribution in [3.63, 3.8) is 0 Å². The molecule has 0 radical (unpaired) electrons. The Hall–Kier alpha value is -2.34. The SMILES string of the molecule is C#CC#CC#C.Cc1cccc(N)c1.N. The predicted octanol–water partition coefficient (Wildman–Crippen LogP) is 2.00. The molecule has 0 heterocycles. The highest BCUT2D eigenvalue weighted by Gasteiger charge is 1.81. The van der Waals surface area contributed by atoms with E-state index in [0.29, 0.717) is 0 Å². The third kappa shape index (κ3) is 9.57. The normalized spacial score (nSPS) is 6.07. The number of benzene rings is 1. The monoisotopic (exact) mass is 198 g/mol. The van der Waals surface area contributed by atoms with E-state index in [-0.39, 0.29) is 6.15 Å². The summed E-state index contributed by atoms with van der Waals surface area (Å²) in [5.41, 5.74) is 7.51. The van der Waals surface area contributed by atoms with Gasteiger partial charge in [0.25, 0.3) is 0 Å². The van der Waals surface area contributed by atoms with Crippen molar-refractivity contribution < 1.29 is 0 Å². The highest BCUT2D eigenvalue weighted by atomic mass is 14.5. The lowest BCUT2D eigenvalue weighted by Crippen LogP contribution is -1.82. The first-order chi connectivity index (χ1) is 6.70. The summed E-state index contributed by atoms with van der Waals surface area (Å²) >= 11 is 0. The van der Waals surface area contributed by atoms with Crippen molar-refractivity contribution in [1.82, 2.24) is 6.15 Å². The van der Waals surface area contributed by atoms with E-state index in [0.717, 1.165) is 5.69 Å². The first kappa shape index (κ1) is 15.1. The zero-order valence-electron chi connectivity index (χ0n) is 8.75. The van der Waals surface area contributed by atoms with E-state index in [1.807, 2.05) is 31.2 Å². The van der Waals surface area contributed by atoms with Crippen LogP contribution in [-0.2, 0) is 0 Å². The van der Waals surface area contributed by atoms with Crippen LogP contribution in [0.2, 0.25) is 0 Å². The van der Waals surface area contributed by atoms with Crippen molar-refractivity contribution in [3.05, 3.63) is 29.8 Å². The Bertz CT molecular complexity index is 387. The van der Waals surface area contributed by atoms with Crippen molar-refractivity contribution in [3.8, 4) is 36.5 Å². The summed E-state index contributed by atoms with van der Waals surface area (Å²) in [6.07, 6.45) is 9.39. The second-order valence-corrected chi connectivity index (χ2v) is 2.45. The summed E-state index contributed by atoms with van der Waals surface area (Å²) in [6.45, 7) is 2.02. The molecule has 2 nitrogen and oxygen atoms in total. The lowest BCUT2D eigenvalue weighted by molar-refractivity contribution is 1.47. The van der Waals surface area contributed by atoms with Crippen LogP contribution in [0.3, 0.4) is 0 Å². The molecule has 0 bridgehead atoms. The number of nitrogens with two attached hydrogens (primary N) is 1. The van der Waals surface area contributed by atoms with E-state index in [1.165, 1.54) is 5.56 Å². The molecule has 0 atom stereocenters. The molecule has 15 heavy (non-hydrogen) atoms. The van der Waals surface area contributed by atoms with Gasteiger partial charge in [-0.05, 0) is 48.3 Å². The summed E-state index contributed by atoms with van der Waals surface area (Å²) in [5, 5.41) is 0. The lowest BCUT2D eigenvalue weighted by atomic mass is 10.2. The molecule has 0 amide bonds. The Kier molecular flexibility index (Phi) is 9.84. The third-order valence-electron chi connectivity index (χ3n) is 1.25. The van der Waals surface area contributed by atoms with Gasteiger partial charge in [0.1, 0.15) is 0 Å². The summed E-state index contributed by atoms with van der Waals surface area (Å²) in [4.78, 5) is 0. The summed E-state index contributed by atoms with van der Waals surface area (Å²) in [7, 11) is 0. The van der Waals surface area contributed by atoms with Gasteiger partial charge in [-0.3, -0.25) is 0 Å². The Balaban J connectivity index is 0. The van der Waals surface area contributed by atoms with Crippen molar-refractivity contribution in [2.75, 3.05) is 5.73 Å². The molecule has 0 unspecified atom stereocenters. The van der Waals surface area contributed by atoms with Gasteiger partial charge in [-0.15, -0.1) is 12.8 Å². The molecule has 0 saturated heterocycles. The van der Waals surface area contributed by atoms with Crippen molar-refractivity contribution >= 4 is 5.69 Å². The standard InChI is InChI=1S/C7H9N.C6H2.H3N/c1-6-3-2-4-7(8)5-6;1-3-5-6-4-2;/h2-5H,8H2,1H3;1-2H;1H3. The minimum atomic E-state index is 0. The number of terminal acetylenes is 2. The number of nitrogen functional groups attached to an aromatic ring is 1. The van der Waals surface area contributed by atoms with Crippen molar-refractivity contribution in [1.29, 1.82) is 0 Å². The average molecular weight is 198 g/mol. The minimum absolute atomic E-state index is 0. The van der Waals surface area contributed by atoms with Crippen molar-refractivity contribution in [2.24, 2.45) is 0 Å². The van der Waals surface area contributed by atoms with Crippen LogP contribution >= 0.6 is 0 Å². The third-order valence-corrected chi connectivity index (χ3v) is 1.25. The topological polar surface area (TPSA) is 61.0 Å². The van der Waals surface area contributed by atoms with Crippen LogP contribution in [0.25, 0.3) is 0 Å². The summed E-state index contributed by atoms with van der Waals surface area (Å²) in [5.74, 6) is 8.61. The van der Waals surface area contributed by atoms with E-state index in [4.69, 9.17) is 18.6 Å². The Labute approximate surface area is 91.5 Å². The zero-order chi connectivity index (χ0) is 10.8. The second-order valence-electron chi connectivity index (χ2n) is 2.45. The summed E-state index contributed by atoms with van der Waals surface area (Å²) in [6, 6.07) is 7.80. The first-order valence-corrected chi connectivity index (χ1v) is 3.94. The van der Waals surface area contributed by atoms with Crippen LogP contribution in [0.5, 0.6) is 0 Å². The fraction of sp³-hybridized carbons (Fsp3) is 0.0769. The largest absolute Gasteiger partial charge is 0.399 e.